The van der Waals surface area contributed by atoms with E-state index in [4.69, 9.17) is 4.74 Å². The number of nitrogens with one attached hydrogen (secondary N) is 1. The second-order valence-electron chi connectivity index (χ2n) is 5.96. The molecular formula is C16H24N2O. The second-order valence-corrected chi connectivity index (χ2v) is 5.96. The first-order valence-corrected chi connectivity index (χ1v) is 7.36. The third-order valence-corrected chi connectivity index (χ3v) is 4.35. The highest BCUT2D eigenvalue weighted by molar-refractivity contribution is 5.50. The Labute approximate surface area is 115 Å². The second kappa shape index (κ2) is 5.51. The maximum atomic E-state index is 5.24. The van der Waals surface area contributed by atoms with Gasteiger partial charge in [0.2, 0.25) is 0 Å². The molecule has 2 unspecified atom stereocenters. The molecule has 3 rings (SSSR count). The van der Waals surface area contributed by atoms with Gasteiger partial charge in [-0.15, -0.1) is 0 Å². The summed E-state index contributed by atoms with van der Waals surface area (Å²) in [6, 6.07) is 10.0. The van der Waals surface area contributed by atoms with E-state index in [0.29, 0.717) is 18.7 Å². The predicted octanol–water partition coefficient (Wildman–Crippen LogP) is 2.41. The monoisotopic (exact) mass is 260 g/mol. The number of hydrogen-bond donors (Lipinski definition) is 1. The molecule has 2 fully saturated rings. The first-order chi connectivity index (χ1) is 9.28. The summed E-state index contributed by atoms with van der Waals surface area (Å²) >= 11 is 0. The van der Waals surface area contributed by atoms with Crippen LogP contribution in [0.3, 0.4) is 0 Å². The van der Waals surface area contributed by atoms with E-state index in [0.717, 1.165) is 19.0 Å². The highest BCUT2D eigenvalue weighted by atomic mass is 16.5. The van der Waals surface area contributed by atoms with Gasteiger partial charge >= 0.3 is 0 Å². The topological polar surface area (TPSA) is 24.5 Å². The Hall–Kier alpha value is -1.06. The van der Waals surface area contributed by atoms with Crippen molar-refractivity contribution in [2.75, 3.05) is 25.1 Å². The van der Waals surface area contributed by atoms with Crippen LogP contribution in [0.15, 0.2) is 24.3 Å². The summed E-state index contributed by atoms with van der Waals surface area (Å²) in [7, 11) is 1.75. The van der Waals surface area contributed by atoms with E-state index in [-0.39, 0.29) is 0 Å². The normalized spacial score (nSPS) is 27.6. The minimum absolute atomic E-state index is 0.563. The lowest BCUT2D eigenvalue weighted by Gasteiger charge is -2.40. The van der Waals surface area contributed by atoms with E-state index in [1.807, 2.05) is 0 Å². The van der Waals surface area contributed by atoms with Crippen LogP contribution in [-0.2, 0) is 11.3 Å². The number of piperazine rings is 1. The van der Waals surface area contributed by atoms with Crippen molar-refractivity contribution in [3.8, 4) is 0 Å². The van der Waals surface area contributed by atoms with Crippen molar-refractivity contribution in [2.45, 2.75) is 38.5 Å². The molecule has 1 aliphatic carbocycles. The van der Waals surface area contributed by atoms with Crippen LogP contribution in [0, 0.1) is 5.92 Å². The summed E-state index contributed by atoms with van der Waals surface area (Å²) in [5.41, 5.74) is 2.60. The van der Waals surface area contributed by atoms with Gasteiger partial charge in [-0.25, -0.2) is 0 Å². The minimum Gasteiger partial charge on any atom is -0.380 e. The molecule has 0 bridgehead atoms. The van der Waals surface area contributed by atoms with E-state index in [1.54, 1.807) is 7.11 Å². The number of ether oxygens (including phenoxy) is 1. The summed E-state index contributed by atoms with van der Waals surface area (Å²) in [6.07, 6.45) is 2.81. The van der Waals surface area contributed by atoms with Crippen LogP contribution >= 0.6 is 0 Å². The zero-order chi connectivity index (χ0) is 13.2. The number of hydrogen-bond acceptors (Lipinski definition) is 3. The zero-order valence-electron chi connectivity index (χ0n) is 11.9. The van der Waals surface area contributed by atoms with Crippen molar-refractivity contribution in [1.82, 2.24) is 5.32 Å². The quantitative estimate of drug-likeness (QED) is 0.899. The average molecular weight is 260 g/mol. The summed E-state index contributed by atoms with van der Waals surface area (Å²) in [5, 5.41) is 3.70. The van der Waals surface area contributed by atoms with Crippen LogP contribution in [0.1, 0.15) is 25.3 Å². The highest BCUT2D eigenvalue weighted by Crippen LogP contribution is 2.35. The van der Waals surface area contributed by atoms with E-state index in [1.165, 1.54) is 24.1 Å². The molecule has 104 valence electrons. The standard InChI is InChI=1S/C16H24N2O/c1-12-9-17-16(14-6-7-14)10-18(12)15-5-3-4-13(8-15)11-19-2/h3-5,8,12,14,16-17H,6-7,9-11H2,1-2H3. The molecule has 1 N–H and O–H groups in total. The molecule has 0 aromatic heterocycles. The van der Waals surface area contributed by atoms with Gasteiger partial charge in [-0.3, -0.25) is 0 Å². The molecule has 19 heavy (non-hydrogen) atoms. The van der Waals surface area contributed by atoms with Crippen LogP contribution in [0.5, 0.6) is 0 Å². The third-order valence-electron chi connectivity index (χ3n) is 4.35. The fourth-order valence-corrected chi connectivity index (χ4v) is 3.05. The van der Waals surface area contributed by atoms with Crippen molar-refractivity contribution in [2.24, 2.45) is 5.92 Å². The molecule has 2 aliphatic rings. The molecule has 1 aliphatic heterocycles. The molecule has 0 radical (unpaired) electrons. The minimum atomic E-state index is 0.563. The van der Waals surface area contributed by atoms with Crippen LogP contribution in [0.2, 0.25) is 0 Å². The van der Waals surface area contributed by atoms with E-state index >= 15 is 0 Å². The van der Waals surface area contributed by atoms with Gasteiger partial charge in [0.25, 0.3) is 0 Å². The molecule has 1 heterocycles. The van der Waals surface area contributed by atoms with Crippen molar-refractivity contribution in [3.63, 3.8) is 0 Å². The van der Waals surface area contributed by atoms with Gasteiger partial charge < -0.3 is 15.0 Å². The van der Waals surface area contributed by atoms with Crippen LogP contribution in [-0.4, -0.2) is 32.3 Å². The largest absolute Gasteiger partial charge is 0.380 e. The Morgan fingerprint density at radius 3 is 2.95 bits per heavy atom. The highest BCUT2D eigenvalue weighted by Gasteiger charge is 2.36. The molecule has 3 nitrogen and oxygen atoms in total. The van der Waals surface area contributed by atoms with E-state index in [2.05, 4.69) is 41.4 Å². The SMILES string of the molecule is COCc1cccc(N2CC(C3CC3)NCC2C)c1. The summed E-state index contributed by atoms with van der Waals surface area (Å²) in [5.74, 6) is 0.914. The first kappa shape index (κ1) is 12.9. The fraction of sp³-hybridized carbons (Fsp3) is 0.625. The van der Waals surface area contributed by atoms with E-state index in [9.17, 15) is 0 Å². The lowest BCUT2D eigenvalue weighted by Crippen LogP contribution is -2.56. The lowest BCUT2D eigenvalue weighted by molar-refractivity contribution is 0.185. The van der Waals surface area contributed by atoms with Gasteiger partial charge in [-0.1, -0.05) is 12.1 Å². The lowest BCUT2D eigenvalue weighted by atomic mass is 10.0. The van der Waals surface area contributed by atoms with Crippen molar-refractivity contribution in [1.29, 1.82) is 0 Å². The molecule has 2 atom stereocenters. The first-order valence-electron chi connectivity index (χ1n) is 7.36. The number of methoxy groups -OCH3 is 1. The number of rotatable bonds is 4. The summed E-state index contributed by atoms with van der Waals surface area (Å²) in [4.78, 5) is 2.55. The van der Waals surface area contributed by atoms with Crippen LogP contribution in [0.25, 0.3) is 0 Å². The van der Waals surface area contributed by atoms with E-state index < -0.39 is 0 Å². The maximum absolute atomic E-state index is 5.24. The molecule has 0 amide bonds. The van der Waals surface area contributed by atoms with Crippen molar-refractivity contribution in [3.05, 3.63) is 29.8 Å². The molecule has 0 spiro atoms. The van der Waals surface area contributed by atoms with Gasteiger partial charge in [-0.2, -0.15) is 0 Å². The zero-order valence-corrected chi connectivity index (χ0v) is 11.9. The molecular weight excluding hydrogens is 236 g/mol. The summed E-state index contributed by atoms with van der Waals surface area (Å²) < 4.78 is 5.24. The Bertz CT molecular complexity index is 431. The Balaban J connectivity index is 1.76. The maximum Gasteiger partial charge on any atom is 0.0713 e. The van der Waals surface area contributed by atoms with Crippen molar-refractivity contribution >= 4 is 5.69 Å². The number of anilines is 1. The van der Waals surface area contributed by atoms with Gasteiger partial charge in [0.15, 0.2) is 0 Å². The smallest absolute Gasteiger partial charge is 0.0713 e. The molecule has 1 saturated carbocycles. The van der Waals surface area contributed by atoms with Crippen LogP contribution < -0.4 is 10.2 Å². The molecule has 1 saturated heterocycles. The van der Waals surface area contributed by atoms with Gasteiger partial charge in [0.1, 0.15) is 0 Å². The number of nitrogens with zero attached hydrogens (tertiary/aromatic N) is 1. The van der Waals surface area contributed by atoms with Gasteiger partial charge in [0, 0.05) is 38.0 Å². The number of benzene rings is 1. The Morgan fingerprint density at radius 2 is 2.21 bits per heavy atom. The Morgan fingerprint density at radius 1 is 1.37 bits per heavy atom. The molecule has 1 aromatic carbocycles. The van der Waals surface area contributed by atoms with Crippen LogP contribution in [0.4, 0.5) is 5.69 Å². The summed E-state index contributed by atoms with van der Waals surface area (Å²) in [6.45, 7) is 5.23. The van der Waals surface area contributed by atoms with Gasteiger partial charge in [-0.05, 0) is 43.4 Å². The predicted molar refractivity (Wildman–Crippen MR) is 78.5 cm³/mol. The molecule has 3 heteroatoms. The third kappa shape index (κ3) is 2.93. The van der Waals surface area contributed by atoms with Crippen molar-refractivity contribution < 1.29 is 4.74 Å². The van der Waals surface area contributed by atoms with Gasteiger partial charge in [0.05, 0.1) is 6.61 Å². The molecule has 1 aromatic rings. The average Bonchev–Trinajstić information content (AvgIpc) is 3.24. The Kier molecular flexibility index (Phi) is 3.76. The fourth-order valence-electron chi connectivity index (χ4n) is 3.05.